The summed E-state index contributed by atoms with van der Waals surface area (Å²) in [6.07, 6.45) is 4.03. The molecule has 0 unspecified atom stereocenters. The maximum Gasteiger partial charge on any atom is 0.167 e. The quantitative estimate of drug-likeness (QED) is 0.502. The molecule has 0 bridgehead atoms. The third kappa shape index (κ3) is 2.67. The van der Waals surface area contributed by atoms with Gasteiger partial charge in [0.2, 0.25) is 0 Å². The zero-order valence-corrected chi connectivity index (χ0v) is 12.9. The van der Waals surface area contributed by atoms with Gasteiger partial charge in [-0.05, 0) is 42.5 Å². The van der Waals surface area contributed by atoms with Crippen molar-refractivity contribution in [2.24, 2.45) is 0 Å². The molecule has 0 N–H and O–H groups in total. The fraction of sp³-hybridized carbons (Fsp3) is 0. The van der Waals surface area contributed by atoms with Gasteiger partial charge >= 0.3 is 0 Å². The van der Waals surface area contributed by atoms with Crippen molar-refractivity contribution in [3.05, 3.63) is 84.1 Å². The lowest BCUT2D eigenvalue weighted by atomic mass is 10.1. The maximum absolute atomic E-state index is 6.21. The first-order valence-corrected chi connectivity index (χ1v) is 7.64. The van der Waals surface area contributed by atoms with E-state index in [0.29, 0.717) is 5.02 Å². The highest BCUT2D eigenvalue weighted by Gasteiger charge is 2.11. The van der Waals surface area contributed by atoms with Crippen LogP contribution in [0.1, 0.15) is 0 Å². The van der Waals surface area contributed by atoms with Crippen molar-refractivity contribution in [1.29, 1.82) is 0 Å². The van der Waals surface area contributed by atoms with Gasteiger partial charge in [0.25, 0.3) is 0 Å². The van der Waals surface area contributed by atoms with E-state index in [2.05, 4.69) is 9.72 Å². The molecule has 0 aliphatic heterocycles. The minimum atomic E-state index is 0.662. The SMILES string of the molecule is Clc1ccccc1-c1cc(-c2ccc(-n3cccc3)cc2)on1. The summed E-state index contributed by atoms with van der Waals surface area (Å²) in [5.41, 5.74) is 3.68. The Labute approximate surface area is 138 Å². The fourth-order valence-electron chi connectivity index (χ4n) is 2.51. The molecule has 0 aliphatic carbocycles. The van der Waals surface area contributed by atoms with Crippen LogP contribution in [0.25, 0.3) is 28.3 Å². The van der Waals surface area contributed by atoms with E-state index in [1.807, 2.05) is 79.1 Å². The van der Waals surface area contributed by atoms with Crippen molar-refractivity contribution >= 4 is 11.6 Å². The van der Waals surface area contributed by atoms with Crippen molar-refractivity contribution in [1.82, 2.24) is 9.72 Å². The molecule has 2 heterocycles. The number of aromatic nitrogens is 2. The second kappa shape index (κ2) is 5.78. The normalized spacial score (nSPS) is 10.8. The first-order chi connectivity index (χ1) is 11.3. The summed E-state index contributed by atoms with van der Waals surface area (Å²) < 4.78 is 7.53. The van der Waals surface area contributed by atoms with Crippen LogP contribution in [-0.4, -0.2) is 9.72 Å². The molecule has 4 aromatic rings. The Morgan fingerprint density at radius 3 is 2.35 bits per heavy atom. The summed E-state index contributed by atoms with van der Waals surface area (Å²) in [7, 11) is 0. The van der Waals surface area contributed by atoms with Crippen molar-refractivity contribution < 1.29 is 4.52 Å². The molecule has 0 spiro atoms. The Bertz CT molecular complexity index is 924. The van der Waals surface area contributed by atoms with Crippen LogP contribution in [0.15, 0.2) is 83.6 Å². The Hall–Kier alpha value is -2.78. The van der Waals surface area contributed by atoms with Crippen LogP contribution in [0.3, 0.4) is 0 Å². The number of benzene rings is 2. The molecule has 0 aliphatic rings. The second-order valence-electron chi connectivity index (χ2n) is 5.19. The minimum absolute atomic E-state index is 0.662. The zero-order valence-electron chi connectivity index (χ0n) is 12.2. The van der Waals surface area contributed by atoms with Crippen LogP contribution in [-0.2, 0) is 0 Å². The number of nitrogens with zero attached hydrogens (tertiary/aromatic N) is 2. The molecule has 0 fully saturated rings. The van der Waals surface area contributed by atoms with Crippen LogP contribution in [0.5, 0.6) is 0 Å². The predicted molar refractivity (Wildman–Crippen MR) is 91.7 cm³/mol. The van der Waals surface area contributed by atoms with Gasteiger partial charge in [0.15, 0.2) is 5.76 Å². The van der Waals surface area contributed by atoms with E-state index in [1.54, 1.807) is 0 Å². The van der Waals surface area contributed by atoms with E-state index in [9.17, 15) is 0 Å². The molecular weight excluding hydrogens is 308 g/mol. The van der Waals surface area contributed by atoms with Crippen LogP contribution < -0.4 is 0 Å². The van der Waals surface area contributed by atoms with Crippen LogP contribution >= 0.6 is 11.6 Å². The van der Waals surface area contributed by atoms with Gasteiger partial charge in [0, 0.05) is 35.3 Å². The lowest BCUT2D eigenvalue weighted by molar-refractivity contribution is 0.435. The molecule has 0 atom stereocenters. The first kappa shape index (κ1) is 13.9. The van der Waals surface area contributed by atoms with Gasteiger partial charge in [0.1, 0.15) is 5.69 Å². The Balaban J connectivity index is 1.66. The van der Waals surface area contributed by atoms with Gasteiger partial charge in [-0.1, -0.05) is 35.0 Å². The Morgan fingerprint density at radius 2 is 1.61 bits per heavy atom. The van der Waals surface area contributed by atoms with Gasteiger partial charge in [-0.3, -0.25) is 0 Å². The molecule has 0 saturated carbocycles. The third-order valence-corrected chi connectivity index (χ3v) is 4.04. The number of rotatable bonds is 3. The van der Waals surface area contributed by atoms with Gasteiger partial charge in [0.05, 0.1) is 5.02 Å². The predicted octanol–water partition coefficient (Wildman–Crippen LogP) is 5.45. The molecular formula is C19H13ClN2O. The lowest BCUT2D eigenvalue weighted by Gasteiger charge is -2.03. The monoisotopic (exact) mass is 320 g/mol. The van der Waals surface area contributed by atoms with Crippen LogP contribution in [0.4, 0.5) is 0 Å². The van der Waals surface area contributed by atoms with Crippen LogP contribution in [0, 0.1) is 0 Å². The minimum Gasteiger partial charge on any atom is -0.356 e. The maximum atomic E-state index is 6.21. The molecule has 112 valence electrons. The summed E-state index contributed by atoms with van der Waals surface area (Å²) in [4.78, 5) is 0. The lowest BCUT2D eigenvalue weighted by Crippen LogP contribution is -1.88. The van der Waals surface area contributed by atoms with Crippen LogP contribution in [0.2, 0.25) is 5.02 Å². The van der Waals surface area contributed by atoms with Crippen molar-refractivity contribution in [3.63, 3.8) is 0 Å². The topological polar surface area (TPSA) is 31.0 Å². The highest BCUT2D eigenvalue weighted by molar-refractivity contribution is 6.33. The number of hydrogen-bond acceptors (Lipinski definition) is 2. The van der Waals surface area contributed by atoms with Gasteiger partial charge in [-0.2, -0.15) is 0 Å². The highest BCUT2D eigenvalue weighted by Crippen LogP contribution is 2.30. The fourth-order valence-corrected chi connectivity index (χ4v) is 2.74. The van der Waals surface area contributed by atoms with E-state index in [-0.39, 0.29) is 0 Å². The van der Waals surface area contributed by atoms with E-state index < -0.39 is 0 Å². The van der Waals surface area contributed by atoms with E-state index in [1.165, 1.54) is 0 Å². The zero-order chi connectivity index (χ0) is 15.6. The summed E-state index contributed by atoms with van der Waals surface area (Å²) >= 11 is 6.21. The first-order valence-electron chi connectivity index (χ1n) is 7.27. The molecule has 3 nitrogen and oxygen atoms in total. The second-order valence-corrected chi connectivity index (χ2v) is 5.60. The summed E-state index contributed by atoms with van der Waals surface area (Å²) in [5.74, 6) is 0.721. The van der Waals surface area contributed by atoms with Crippen molar-refractivity contribution in [2.45, 2.75) is 0 Å². The summed E-state index contributed by atoms with van der Waals surface area (Å²) in [6, 6.07) is 21.6. The molecule has 4 rings (SSSR count). The van der Waals surface area contributed by atoms with Crippen molar-refractivity contribution in [2.75, 3.05) is 0 Å². The van der Waals surface area contributed by atoms with E-state index in [0.717, 1.165) is 28.3 Å². The number of hydrogen-bond donors (Lipinski definition) is 0. The standard InChI is InChI=1S/C19H13ClN2O/c20-17-6-2-1-5-16(17)18-13-19(23-21-18)14-7-9-15(10-8-14)22-11-3-4-12-22/h1-13H. The molecule has 0 saturated heterocycles. The summed E-state index contributed by atoms with van der Waals surface area (Å²) in [6.45, 7) is 0. The molecule has 2 aromatic carbocycles. The van der Waals surface area contributed by atoms with Gasteiger partial charge in [-0.15, -0.1) is 0 Å². The average molecular weight is 321 g/mol. The Morgan fingerprint density at radius 1 is 0.870 bits per heavy atom. The molecule has 0 radical (unpaired) electrons. The molecule has 2 aromatic heterocycles. The Kier molecular flexibility index (Phi) is 3.48. The van der Waals surface area contributed by atoms with Gasteiger partial charge < -0.3 is 9.09 Å². The summed E-state index contributed by atoms with van der Waals surface area (Å²) in [5, 5.41) is 4.79. The van der Waals surface area contributed by atoms with E-state index in [4.69, 9.17) is 16.1 Å². The smallest absolute Gasteiger partial charge is 0.167 e. The number of halogens is 1. The largest absolute Gasteiger partial charge is 0.356 e. The van der Waals surface area contributed by atoms with E-state index >= 15 is 0 Å². The molecule has 0 amide bonds. The average Bonchev–Trinajstić information content (AvgIpc) is 3.27. The molecule has 4 heteroatoms. The van der Waals surface area contributed by atoms with Crippen molar-refractivity contribution in [3.8, 4) is 28.3 Å². The third-order valence-electron chi connectivity index (χ3n) is 3.71. The highest BCUT2D eigenvalue weighted by atomic mass is 35.5. The van der Waals surface area contributed by atoms with Gasteiger partial charge in [-0.25, -0.2) is 0 Å². The molecule has 23 heavy (non-hydrogen) atoms.